The Balaban J connectivity index is 1.46. The van der Waals surface area contributed by atoms with Crippen molar-refractivity contribution in [1.29, 1.82) is 0 Å². The number of amides is 2. The highest BCUT2D eigenvalue weighted by Gasteiger charge is 2.32. The van der Waals surface area contributed by atoms with E-state index in [1.807, 2.05) is 43.3 Å². The zero-order valence-electron chi connectivity index (χ0n) is 16.7. The van der Waals surface area contributed by atoms with Crippen LogP contribution >= 0.6 is 11.3 Å². The number of benzene rings is 1. The van der Waals surface area contributed by atoms with Crippen molar-refractivity contribution in [2.75, 3.05) is 11.9 Å². The largest absolute Gasteiger partial charge is 0.330 e. The lowest BCUT2D eigenvalue weighted by molar-refractivity contribution is -0.139. The van der Waals surface area contributed by atoms with Gasteiger partial charge in [0.25, 0.3) is 0 Å². The van der Waals surface area contributed by atoms with E-state index in [2.05, 4.69) is 20.5 Å². The SMILES string of the molecule is Cc1nnc(-c2cccc(NC(=O)C3CCCCN3C(=O)Cc3cccnc3)c2)s1. The van der Waals surface area contributed by atoms with Crippen molar-refractivity contribution < 1.29 is 9.59 Å². The molecular weight excluding hydrogens is 398 g/mol. The first kappa shape index (κ1) is 20.2. The Morgan fingerprint density at radius 2 is 2.10 bits per heavy atom. The van der Waals surface area contributed by atoms with Gasteiger partial charge in [-0.3, -0.25) is 14.6 Å². The number of carbonyl (C=O) groups excluding carboxylic acids is 2. The minimum absolute atomic E-state index is 0.0408. The Labute approximate surface area is 179 Å². The van der Waals surface area contributed by atoms with Crippen molar-refractivity contribution in [2.45, 2.75) is 38.6 Å². The summed E-state index contributed by atoms with van der Waals surface area (Å²) in [6, 6.07) is 10.8. The van der Waals surface area contributed by atoms with E-state index in [1.54, 1.807) is 17.3 Å². The fourth-order valence-corrected chi connectivity index (χ4v) is 4.34. The fraction of sp³-hybridized carbons (Fsp3) is 0.318. The Morgan fingerprint density at radius 3 is 2.87 bits per heavy atom. The molecular formula is C22H23N5O2S. The van der Waals surface area contributed by atoms with E-state index in [-0.39, 0.29) is 18.2 Å². The van der Waals surface area contributed by atoms with Gasteiger partial charge in [0.1, 0.15) is 16.1 Å². The predicted molar refractivity (Wildman–Crippen MR) is 116 cm³/mol. The van der Waals surface area contributed by atoms with E-state index in [9.17, 15) is 9.59 Å². The van der Waals surface area contributed by atoms with Gasteiger partial charge in [0.2, 0.25) is 11.8 Å². The highest BCUT2D eigenvalue weighted by atomic mass is 32.1. The first-order chi connectivity index (χ1) is 14.6. The molecule has 0 bridgehead atoms. The van der Waals surface area contributed by atoms with Gasteiger partial charge < -0.3 is 10.2 Å². The minimum atomic E-state index is -0.463. The van der Waals surface area contributed by atoms with E-state index in [4.69, 9.17) is 0 Å². The van der Waals surface area contributed by atoms with Gasteiger partial charge in [0, 0.05) is 30.2 Å². The molecule has 30 heavy (non-hydrogen) atoms. The monoisotopic (exact) mass is 421 g/mol. The molecule has 1 atom stereocenters. The molecule has 4 rings (SSSR count). The van der Waals surface area contributed by atoms with Crippen molar-refractivity contribution in [3.8, 4) is 10.6 Å². The fourth-order valence-electron chi connectivity index (χ4n) is 3.65. The quantitative estimate of drug-likeness (QED) is 0.681. The number of pyridine rings is 1. The van der Waals surface area contributed by atoms with Crippen molar-refractivity contribution in [1.82, 2.24) is 20.1 Å². The molecule has 8 heteroatoms. The Hall–Kier alpha value is -3.13. The second kappa shape index (κ2) is 9.13. The molecule has 0 spiro atoms. The number of nitrogens with zero attached hydrogens (tertiary/aromatic N) is 4. The number of piperidine rings is 1. The van der Waals surface area contributed by atoms with E-state index >= 15 is 0 Å². The van der Waals surface area contributed by atoms with E-state index < -0.39 is 6.04 Å². The molecule has 1 aromatic carbocycles. The zero-order chi connectivity index (χ0) is 20.9. The van der Waals surface area contributed by atoms with Crippen LogP contribution in [0, 0.1) is 6.92 Å². The normalized spacial score (nSPS) is 16.3. The Morgan fingerprint density at radius 1 is 1.20 bits per heavy atom. The van der Waals surface area contributed by atoms with Crippen LogP contribution in [-0.2, 0) is 16.0 Å². The van der Waals surface area contributed by atoms with Gasteiger partial charge >= 0.3 is 0 Å². The number of aryl methyl sites for hydroxylation is 1. The van der Waals surface area contributed by atoms with Crippen LogP contribution in [0.3, 0.4) is 0 Å². The molecule has 0 radical (unpaired) electrons. The number of carbonyl (C=O) groups is 2. The average molecular weight is 422 g/mol. The molecule has 1 aliphatic heterocycles. The van der Waals surface area contributed by atoms with Gasteiger partial charge in [-0.1, -0.05) is 29.5 Å². The lowest BCUT2D eigenvalue weighted by atomic mass is 10.00. The number of hydrogen-bond donors (Lipinski definition) is 1. The standard InChI is InChI=1S/C22H23N5O2S/c1-15-25-26-22(30-15)17-7-4-8-18(13-17)24-21(29)19-9-2-3-11-27(19)20(28)12-16-6-5-10-23-14-16/h4-8,10,13-14,19H,2-3,9,11-12H2,1H3,(H,24,29). The predicted octanol–water partition coefficient (Wildman–Crippen LogP) is 3.47. The smallest absolute Gasteiger partial charge is 0.247 e. The third-order valence-electron chi connectivity index (χ3n) is 5.11. The summed E-state index contributed by atoms with van der Waals surface area (Å²) in [6.45, 7) is 2.51. The first-order valence-corrected chi connectivity index (χ1v) is 10.8. The Kier molecular flexibility index (Phi) is 6.13. The number of hydrogen-bond acceptors (Lipinski definition) is 6. The second-order valence-electron chi connectivity index (χ2n) is 7.33. The number of aromatic nitrogens is 3. The van der Waals surface area contributed by atoms with Crippen LogP contribution in [0.5, 0.6) is 0 Å². The van der Waals surface area contributed by atoms with Gasteiger partial charge in [-0.2, -0.15) is 0 Å². The minimum Gasteiger partial charge on any atom is -0.330 e. The summed E-state index contributed by atoms with van der Waals surface area (Å²) in [4.78, 5) is 31.7. The van der Waals surface area contributed by atoms with Gasteiger partial charge in [-0.25, -0.2) is 0 Å². The maximum atomic E-state index is 13.0. The number of anilines is 1. The van der Waals surface area contributed by atoms with Crippen LogP contribution in [0.2, 0.25) is 0 Å². The van der Waals surface area contributed by atoms with Crippen molar-refractivity contribution >= 4 is 28.8 Å². The van der Waals surface area contributed by atoms with E-state index in [0.29, 0.717) is 18.7 Å². The van der Waals surface area contributed by atoms with Crippen molar-refractivity contribution in [3.05, 3.63) is 59.4 Å². The van der Waals surface area contributed by atoms with Crippen molar-refractivity contribution in [3.63, 3.8) is 0 Å². The van der Waals surface area contributed by atoms with Gasteiger partial charge in [0.15, 0.2) is 0 Å². The van der Waals surface area contributed by atoms with E-state index in [1.165, 1.54) is 11.3 Å². The topological polar surface area (TPSA) is 88.1 Å². The average Bonchev–Trinajstić information content (AvgIpc) is 3.21. The molecule has 7 nitrogen and oxygen atoms in total. The molecule has 3 aromatic rings. The molecule has 3 heterocycles. The highest BCUT2D eigenvalue weighted by Crippen LogP contribution is 2.26. The zero-order valence-corrected chi connectivity index (χ0v) is 17.6. The summed E-state index contributed by atoms with van der Waals surface area (Å²) in [5.41, 5.74) is 2.45. The summed E-state index contributed by atoms with van der Waals surface area (Å²) >= 11 is 1.51. The second-order valence-corrected chi connectivity index (χ2v) is 8.51. The molecule has 0 saturated carbocycles. The van der Waals surface area contributed by atoms with Crippen molar-refractivity contribution in [2.24, 2.45) is 0 Å². The molecule has 154 valence electrons. The molecule has 2 amide bonds. The van der Waals surface area contributed by atoms with Gasteiger partial charge in [-0.05, 0) is 49.9 Å². The van der Waals surface area contributed by atoms with Crippen LogP contribution in [0.25, 0.3) is 10.6 Å². The molecule has 1 saturated heterocycles. The molecule has 1 aliphatic rings. The summed E-state index contributed by atoms with van der Waals surface area (Å²) in [5.74, 6) is -0.194. The first-order valence-electron chi connectivity index (χ1n) is 10.00. The summed E-state index contributed by atoms with van der Waals surface area (Å²) in [5, 5.41) is 12.9. The van der Waals surface area contributed by atoms with Crippen LogP contribution in [0.15, 0.2) is 48.8 Å². The maximum Gasteiger partial charge on any atom is 0.247 e. The maximum absolute atomic E-state index is 13.0. The molecule has 2 aromatic heterocycles. The van der Waals surface area contributed by atoms with Crippen LogP contribution in [0.4, 0.5) is 5.69 Å². The number of likely N-dealkylation sites (tertiary alicyclic amines) is 1. The van der Waals surface area contributed by atoms with E-state index in [0.717, 1.165) is 34.0 Å². The van der Waals surface area contributed by atoms with Gasteiger partial charge in [-0.15, -0.1) is 10.2 Å². The summed E-state index contributed by atoms with van der Waals surface area (Å²) in [7, 11) is 0. The molecule has 1 N–H and O–H groups in total. The lowest BCUT2D eigenvalue weighted by Gasteiger charge is -2.34. The molecule has 0 aliphatic carbocycles. The number of nitrogens with one attached hydrogen (secondary N) is 1. The molecule has 1 unspecified atom stereocenters. The number of rotatable bonds is 5. The van der Waals surface area contributed by atoms with Gasteiger partial charge in [0.05, 0.1) is 6.42 Å². The third-order valence-corrected chi connectivity index (χ3v) is 5.99. The summed E-state index contributed by atoms with van der Waals surface area (Å²) < 4.78 is 0. The Bertz CT molecular complexity index is 1040. The molecule has 1 fully saturated rings. The highest BCUT2D eigenvalue weighted by molar-refractivity contribution is 7.14. The van der Waals surface area contributed by atoms with Crippen LogP contribution in [-0.4, -0.2) is 44.5 Å². The third kappa shape index (κ3) is 4.71. The summed E-state index contributed by atoms with van der Waals surface area (Å²) in [6.07, 6.45) is 6.14. The van der Waals surface area contributed by atoms with Crippen LogP contribution in [0.1, 0.15) is 29.8 Å². The van der Waals surface area contributed by atoms with Crippen LogP contribution < -0.4 is 5.32 Å². The lowest BCUT2D eigenvalue weighted by Crippen LogP contribution is -2.50.